The smallest absolute Gasteiger partial charge is 0.242 e. The summed E-state index contributed by atoms with van der Waals surface area (Å²) < 4.78 is 5.93. The fourth-order valence-corrected chi connectivity index (χ4v) is 5.63. The van der Waals surface area contributed by atoms with Gasteiger partial charge in [0.1, 0.15) is 13.0 Å². The lowest BCUT2D eigenvalue weighted by Gasteiger charge is -2.20. The molecule has 0 bridgehead atoms. The van der Waals surface area contributed by atoms with E-state index in [0.29, 0.717) is 0 Å². The van der Waals surface area contributed by atoms with E-state index in [4.69, 9.17) is 4.43 Å². The zero-order chi connectivity index (χ0) is 12.4. The summed E-state index contributed by atoms with van der Waals surface area (Å²) in [5.41, 5.74) is 0. The lowest BCUT2D eigenvalue weighted by atomic mass is 10.3. The number of rotatable bonds is 4. The van der Waals surface area contributed by atoms with Crippen LogP contribution in [-0.2, 0) is 0 Å². The van der Waals surface area contributed by atoms with E-state index in [1.165, 1.54) is 4.90 Å². The topological polar surface area (TPSA) is 9.23 Å². The van der Waals surface area contributed by atoms with Crippen molar-refractivity contribution in [1.82, 2.24) is 0 Å². The van der Waals surface area contributed by atoms with Crippen LogP contribution in [-0.4, -0.2) is 15.5 Å². The van der Waals surface area contributed by atoms with Gasteiger partial charge in [-0.3, -0.25) is 0 Å². The van der Waals surface area contributed by atoms with Crippen LogP contribution in [0, 0.1) is 0 Å². The highest BCUT2D eigenvalue weighted by Crippen LogP contribution is 2.30. The Bertz CT molecular complexity index is 301. The van der Waals surface area contributed by atoms with E-state index in [1.54, 1.807) is 0 Å². The molecule has 1 aromatic carbocycles. The number of hydrogen-bond acceptors (Lipinski definition) is 2. The van der Waals surface area contributed by atoms with Crippen molar-refractivity contribution in [3.05, 3.63) is 24.3 Å². The van der Waals surface area contributed by atoms with E-state index >= 15 is 0 Å². The predicted molar refractivity (Wildman–Crippen MR) is 79.6 cm³/mol. The second kappa shape index (κ2) is 4.98. The molecular weight excluding hydrogens is 248 g/mol. The molecule has 90 valence electrons. The zero-order valence-electron chi connectivity index (χ0n) is 11.1. The SMILES string of the molecule is C[Si](C)(C)Oc1ccc(S[Si](C)(C)C)cc1. The average molecular weight is 271 g/mol. The van der Waals surface area contributed by atoms with Gasteiger partial charge in [-0.05, 0) is 43.9 Å². The van der Waals surface area contributed by atoms with Gasteiger partial charge < -0.3 is 4.43 Å². The van der Waals surface area contributed by atoms with Gasteiger partial charge in [-0.2, -0.15) is 11.2 Å². The van der Waals surface area contributed by atoms with Crippen molar-refractivity contribution in [1.29, 1.82) is 0 Å². The molecule has 1 aromatic rings. The molecule has 0 aliphatic heterocycles. The molecule has 0 aliphatic carbocycles. The number of hydrogen-bond donors (Lipinski definition) is 0. The highest BCUT2D eigenvalue weighted by atomic mass is 32.4. The molecule has 1 nitrogen and oxygen atoms in total. The molecule has 0 fully saturated rings. The van der Waals surface area contributed by atoms with Crippen molar-refractivity contribution in [2.24, 2.45) is 0 Å². The third-order valence-electron chi connectivity index (χ3n) is 1.67. The standard InChI is InChI=1S/C12H22OSSi2/c1-15(2,3)13-11-7-9-12(10-8-11)14-16(4,5)6/h7-10H,1-6H3. The Hall–Kier alpha value is -0.196. The Balaban J connectivity index is 2.69. The summed E-state index contributed by atoms with van der Waals surface area (Å²) in [5.74, 6) is 1.01. The molecule has 1 rings (SSSR count). The normalized spacial score (nSPS) is 12.6. The van der Waals surface area contributed by atoms with Crippen LogP contribution >= 0.6 is 11.2 Å². The van der Waals surface area contributed by atoms with Crippen LogP contribution in [0.2, 0.25) is 39.3 Å². The van der Waals surface area contributed by atoms with Crippen molar-refractivity contribution in [2.45, 2.75) is 44.2 Å². The monoisotopic (exact) mass is 270 g/mol. The lowest BCUT2D eigenvalue weighted by Crippen LogP contribution is -2.29. The minimum Gasteiger partial charge on any atom is -0.544 e. The summed E-state index contributed by atoms with van der Waals surface area (Å²) in [6.07, 6.45) is 0. The molecule has 0 radical (unpaired) electrons. The van der Waals surface area contributed by atoms with Gasteiger partial charge in [0.2, 0.25) is 8.32 Å². The van der Waals surface area contributed by atoms with Gasteiger partial charge in [0, 0.05) is 4.90 Å². The van der Waals surface area contributed by atoms with Crippen molar-refractivity contribution >= 4 is 26.8 Å². The Kier molecular flexibility index (Phi) is 4.31. The first-order chi connectivity index (χ1) is 7.16. The minimum atomic E-state index is -1.46. The van der Waals surface area contributed by atoms with Crippen LogP contribution in [0.1, 0.15) is 0 Å². The fraction of sp³-hybridized carbons (Fsp3) is 0.500. The van der Waals surface area contributed by atoms with Gasteiger partial charge >= 0.3 is 0 Å². The molecule has 16 heavy (non-hydrogen) atoms. The van der Waals surface area contributed by atoms with E-state index in [-0.39, 0.29) is 0 Å². The van der Waals surface area contributed by atoms with Crippen LogP contribution < -0.4 is 4.43 Å². The molecule has 0 atom stereocenters. The summed E-state index contributed by atoms with van der Waals surface area (Å²) in [6, 6.07) is 8.55. The van der Waals surface area contributed by atoms with Crippen molar-refractivity contribution in [3.63, 3.8) is 0 Å². The maximum atomic E-state index is 5.93. The summed E-state index contributed by atoms with van der Waals surface area (Å²) >= 11 is 2.02. The van der Waals surface area contributed by atoms with Crippen LogP contribution in [0.4, 0.5) is 0 Å². The van der Waals surface area contributed by atoms with E-state index in [0.717, 1.165) is 5.75 Å². The van der Waals surface area contributed by atoms with Gasteiger partial charge in [0.05, 0.1) is 0 Å². The molecule has 0 unspecified atom stereocenters. The first-order valence-electron chi connectivity index (χ1n) is 5.64. The Morgan fingerprint density at radius 3 is 1.75 bits per heavy atom. The molecule has 0 amide bonds. The molecule has 0 saturated carbocycles. The largest absolute Gasteiger partial charge is 0.544 e. The van der Waals surface area contributed by atoms with Gasteiger partial charge in [-0.25, -0.2) is 0 Å². The first-order valence-corrected chi connectivity index (χ1v) is 14.1. The van der Waals surface area contributed by atoms with Crippen LogP contribution in [0.5, 0.6) is 5.75 Å². The zero-order valence-corrected chi connectivity index (χ0v) is 13.9. The summed E-state index contributed by atoms with van der Waals surface area (Å²) in [7, 11) is -2.54. The molecule has 0 aliphatic rings. The molecule has 0 saturated heterocycles. The van der Waals surface area contributed by atoms with Crippen molar-refractivity contribution < 1.29 is 4.43 Å². The molecule has 0 heterocycles. The molecule has 0 aromatic heterocycles. The first kappa shape index (κ1) is 13.9. The molecule has 0 spiro atoms. The van der Waals surface area contributed by atoms with Gasteiger partial charge in [-0.1, -0.05) is 19.6 Å². The van der Waals surface area contributed by atoms with Crippen LogP contribution in [0.3, 0.4) is 0 Å². The summed E-state index contributed by atoms with van der Waals surface area (Å²) in [5, 5.41) is 0. The van der Waals surface area contributed by atoms with E-state index in [9.17, 15) is 0 Å². The van der Waals surface area contributed by atoms with Crippen molar-refractivity contribution in [3.8, 4) is 5.75 Å². The summed E-state index contributed by atoms with van der Waals surface area (Å²) in [4.78, 5) is 1.36. The van der Waals surface area contributed by atoms with E-state index < -0.39 is 15.5 Å². The highest BCUT2D eigenvalue weighted by Gasteiger charge is 2.17. The van der Waals surface area contributed by atoms with Crippen LogP contribution in [0.25, 0.3) is 0 Å². The van der Waals surface area contributed by atoms with E-state index in [2.05, 4.69) is 63.5 Å². The third-order valence-corrected chi connectivity index (χ3v) is 6.18. The van der Waals surface area contributed by atoms with Gasteiger partial charge in [0.25, 0.3) is 0 Å². The highest BCUT2D eigenvalue weighted by molar-refractivity contribution is 8.28. The van der Waals surface area contributed by atoms with Crippen LogP contribution in [0.15, 0.2) is 29.2 Å². The maximum Gasteiger partial charge on any atom is 0.242 e. The van der Waals surface area contributed by atoms with Gasteiger partial charge in [-0.15, -0.1) is 0 Å². The quantitative estimate of drug-likeness (QED) is 0.725. The fourth-order valence-electron chi connectivity index (χ4n) is 1.28. The lowest BCUT2D eigenvalue weighted by molar-refractivity contribution is 0.557. The maximum absolute atomic E-state index is 5.93. The minimum absolute atomic E-state index is 1.01. The Labute approximate surface area is 105 Å². The second-order valence-electron chi connectivity index (χ2n) is 5.90. The average Bonchev–Trinajstić information content (AvgIpc) is 2.03. The second-order valence-corrected chi connectivity index (χ2v) is 19.5. The van der Waals surface area contributed by atoms with E-state index in [1.807, 2.05) is 11.2 Å². The molecule has 4 heteroatoms. The number of benzene rings is 1. The third kappa shape index (κ3) is 5.77. The van der Waals surface area contributed by atoms with Gasteiger partial charge in [0.15, 0.2) is 0 Å². The molecular formula is C12H22OSSi2. The molecule has 0 N–H and O–H groups in total. The Morgan fingerprint density at radius 2 is 1.38 bits per heavy atom. The van der Waals surface area contributed by atoms with Crippen molar-refractivity contribution in [2.75, 3.05) is 0 Å². The Morgan fingerprint density at radius 1 is 0.875 bits per heavy atom. The predicted octanol–water partition coefficient (Wildman–Crippen LogP) is 4.83. The summed E-state index contributed by atoms with van der Waals surface area (Å²) in [6.45, 7) is 13.7.